The van der Waals surface area contributed by atoms with E-state index in [0.29, 0.717) is 28.4 Å². The molecule has 5 fully saturated rings. The Hall–Kier alpha value is -3.23. The number of rotatable bonds is 7. The molecule has 11 rings (SSSR count). The monoisotopic (exact) mass is 1210 g/mol. The van der Waals surface area contributed by atoms with Crippen molar-refractivity contribution in [3.63, 3.8) is 0 Å². The number of methoxy groups -OCH3 is 1. The van der Waals surface area contributed by atoms with Gasteiger partial charge in [0, 0.05) is 51.9 Å². The van der Waals surface area contributed by atoms with Gasteiger partial charge in [-0.05, 0) is 87.7 Å². The van der Waals surface area contributed by atoms with Gasteiger partial charge >= 0.3 is 17.9 Å². The Morgan fingerprint density at radius 2 is 0.958 bits per heavy atom. The first-order valence-electron chi connectivity index (χ1n) is 23.1. The smallest absolute Gasteiger partial charge is 0.352 e. The molecule has 20 heteroatoms. The maximum Gasteiger partial charge on any atom is 0.352 e. The van der Waals surface area contributed by atoms with Crippen molar-refractivity contribution in [2.24, 2.45) is 0 Å². The number of nitrogens with zero attached hydrogens (tertiary/aromatic N) is 3. The van der Waals surface area contributed by atoms with Gasteiger partial charge in [0.2, 0.25) is 28.4 Å². The normalized spacial score (nSPS) is 20.4. The fraction of sp³-hybridized carbons (Fsp3) is 0.462. The first-order valence-corrected chi connectivity index (χ1v) is 30.5. The number of esters is 3. The number of hydrogen-bond donors (Lipinski definition) is 1. The number of likely N-dealkylation sites (tertiary alicyclic amines) is 3. The van der Waals surface area contributed by atoms with Crippen molar-refractivity contribution in [3.8, 4) is 0 Å². The van der Waals surface area contributed by atoms with Gasteiger partial charge < -0.3 is 43.1 Å². The fourth-order valence-electron chi connectivity index (χ4n) is 8.78. The van der Waals surface area contributed by atoms with Crippen LogP contribution in [0.3, 0.4) is 0 Å². The third-order valence-electron chi connectivity index (χ3n) is 13.0. The number of alkyl halides is 1. The molecule has 6 aromatic rings. The number of carbonyl (C=O) groups excluding carboxylic acids is 4. The van der Waals surface area contributed by atoms with Crippen LogP contribution in [0.1, 0.15) is 75.2 Å². The van der Waals surface area contributed by atoms with Gasteiger partial charge in [0.25, 0.3) is 0 Å². The predicted octanol–water partition coefficient (Wildman–Crippen LogP) is 10.4. The predicted molar refractivity (Wildman–Crippen MR) is 299 cm³/mol. The molecule has 5 saturated heterocycles. The van der Waals surface area contributed by atoms with Crippen LogP contribution in [0.2, 0.25) is 0 Å². The van der Waals surface area contributed by atoms with E-state index in [1.807, 2.05) is 92.8 Å². The summed E-state index contributed by atoms with van der Waals surface area (Å²) in [5, 5.41) is 22.1. The van der Waals surface area contributed by atoms with E-state index in [4.69, 9.17) is 18.9 Å². The molecule has 5 aliphatic heterocycles. The van der Waals surface area contributed by atoms with Gasteiger partial charge in [0.1, 0.15) is 5.78 Å². The summed E-state index contributed by atoms with van der Waals surface area (Å²) < 4.78 is 30.3. The summed E-state index contributed by atoms with van der Waals surface area (Å²) >= 11 is 11.0. The second-order valence-electron chi connectivity index (χ2n) is 18.3. The topological polar surface area (TPSA) is 141 Å². The summed E-state index contributed by atoms with van der Waals surface area (Å²) in [6, 6.07) is 22.7. The Kier molecular flexibility index (Phi) is 20.2. The molecule has 13 nitrogen and oxygen atoms in total. The molecule has 11 heterocycles. The fourth-order valence-corrected chi connectivity index (χ4v) is 14.1. The van der Waals surface area contributed by atoms with E-state index in [9.17, 15) is 24.3 Å². The first-order chi connectivity index (χ1) is 34.1. The molecule has 0 aromatic carbocycles. The lowest BCUT2D eigenvalue weighted by Gasteiger charge is -2.41. The molecule has 0 aliphatic carbocycles. The number of hydrogen-bond acceptors (Lipinski definition) is 18. The van der Waals surface area contributed by atoms with Gasteiger partial charge in [-0.3, -0.25) is 4.79 Å². The van der Waals surface area contributed by atoms with E-state index in [0.717, 1.165) is 88.9 Å². The molecule has 72 heavy (non-hydrogen) atoms. The number of carbonyl (C=O) groups is 4. The van der Waals surface area contributed by atoms with E-state index in [1.165, 1.54) is 52.5 Å². The van der Waals surface area contributed by atoms with Gasteiger partial charge in [0.05, 0.1) is 76.4 Å². The van der Waals surface area contributed by atoms with Crippen molar-refractivity contribution in [3.05, 3.63) is 134 Å². The molecule has 0 amide bonds. The first kappa shape index (κ1) is 58.0. The number of ether oxygens (including phenoxy) is 5. The third-order valence-corrected chi connectivity index (χ3v) is 18.8. The van der Waals surface area contributed by atoms with E-state index in [2.05, 4.69) is 58.3 Å². The van der Waals surface area contributed by atoms with Crippen LogP contribution >= 0.6 is 90.6 Å². The number of aliphatic hydroxyl groups is 1. The quantitative estimate of drug-likeness (QED) is 0.0535. The summed E-state index contributed by atoms with van der Waals surface area (Å²) in [5.74, 6) is -2.34. The summed E-state index contributed by atoms with van der Waals surface area (Å²) in [7, 11) is 9.81. The highest BCUT2D eigenvalue weighted by Gasteiger charge is 2.63. The Morgan fingerprint density at radius 1 is 0.611 bits per heavy atom. The van der Waals surface area contributed by atoms with Crippen molar-refractivity contribution in [2.75, 3.05) is 79.5 Å². The van der Waals surface area contributed by atoms with Crippen LogP contribution < -0.4 is 0 Å². The minimum atomic E-state index is -1.67. The van der Waals surface area contributed by atoms with E-state index < -0.39 is 34.3 Å². The lowest BCUT2D eigenvalue weighted by atomic mass is 9.99. The maximum atomic E-state index is 13.0. The van der Waals surface area contributed by atoms with Crippen LogP contribution in [0.4, 0.5) is 0 Å². The largest absolute Gasteiger partial charge is 0.466 e. The second kappa shape index (κ2) is 25.1. The molecular formula is C52H65IN3O10S6+. The molecule has 0 bridgehead atoms. The van der Waals surface area contributed by atoms with Crippen molar-refractivity contribution in [1.29, 1.82) is 0 Å². The zero-order valence-electron chi connectivity index (χ0n) is 40.7. The van der Waals surface area contributed by atoms with Crippen LogP contribution in [0.15, 0.2) is 105 Å². The minimum absolute atomic E-state index is 0. The second-order valence-corrected chi connectivity index (χ2v) is 23.9. The lowest BCUT2D eigenvalue weighted by molar-refractivity contribution is -0.898. The standard InChI is InChI=1S/C17H20NO3S2.C16H17NO3S2.C11H10O3S2.C6H11NO.CH3I.CH4/c1-18(2)9-7-16(8-10-18)20-15(19)17(21-16,13-5-3-11-22-13)14-6-4-12-23-14;1-17-8-6-15(7-9-17)19-14(18)16(20-15,12-4-2-10-21-12)13-5-3-11-22-13;1-14-10(12)11(13,8-4-2-6-15-8)9-5-3-7-16-9;1-7-4-2-6(8)3-5-7;1-2;/h3-6,11-12H,7-10H2,1-2H3;2-5,10-11H,6-9H2,1H3;2-7,13H,1H3;2-5H2,1H3;1H3;1H4/q+1;;;;;. The number of halogens is 1. The van der Waals surface area contributed by atoms with E-state index >= 15 is 0 Å². The van der Waals surface area contributed by atoms with Gasteiger partial charge in [-0.25, -0.2) is 14.4 Å². The minimum Gasteiger partial charge on any atom is -0.466 e. The van der Waals surface area contributed by atoms with Crippen LogP contribution in [0.5, 0.6) is 0 Å². The summed E-state index contributed by atoms with van der Waals surface area (Å²) in [6.45, 7) is 5.55. The molecule has 390 valence electrons. The van der Waals surface area contributed by atoms with Crippen molar-refractivity contribution in [1.82, 2.24) is 9.80 Å². The number of Topliss-reactive ketones (excluding diaryl/α,β-unsaturated/α-hetero) is 1. The molecule has 0 atom stereocenters. The molecule has 2 spiro atoms. The Balaban J connectivity index is 0.000000162. The highest BCUT2D eigenvalue weighted by molar-refractivity contribution is 14.1. The van der Waals surface area contributed by atoms with Crippen LogP contribution in [-0.4, -0.2) is 134 Å². The van der Waals surface area contributed by atoms with Gasteiger partial charge in [-0.15, -0.1) is 68.0 Å². The van der Waals surface area contributed by atoms with E-state index in [-0.39, 0.29) is 19.4 Å². The van der Waals surface area contributed by atoms with E-state index in [1.54, 1.807) is 46.9 Å². The lowest BCUT2D eigenvalue weighted by Crippen LogP contribution is -2.53. The average molecular weight is 1210 g/mol. The van der Waals surface area contributed by atoms with Crippen LogP contribution in [0.25, 0.3) is 0 Å². The molecule has 5 aliphatic rings. The summed E-state index contributed by atoms with van der Waals surface area (Å²) in [6.07, 6.45) is 4.43. The van der Waals surface area contributed by atoms with Gasteiger partial charge in [-0.2, -0.15) is 0 Å². The molecular weight excluding hydrogens is 1150 g/mol. The van der Waals surface area contributed by atoms with Gasteiger partial charge in [0.15, 0.2) is 0 Å². The highest BCUT2D eigenvalue weighted by atomic mass is 127. The number of piperidine rings is 3. The van der Waals surface area contributed by atoms with Crippen molar-refractivity contribution >= 4 is 114 Å². The summed E-state index contributed by atoms with van der Waals surface area (Å²) in [5.41, 5.74) is -3.84. The average Bonchev–Trinajstić information content (AvgIpc) is 4.22. The number of ketones is 1. The maximum absolute atomic E-state index is 13.0. The van der Waals surface area contributed by atoms with Crippen molar-refractivity contribution in [2.45, 2.75) is 74.3 Å². The highest BCUT2D eigenvalue weighted by Crippen LogP contribution is 2.52. The molecule has 6 aromatic heterocycles. The van der Waals surface area contributed by atoms with Gasteiger partial charge in [-0.1, -0.05) is 66.4 Å². The zero-order valence-corrected chi connectivity index (χ0v) is 47.7. The molecule has 1 N–H and O–H groups in total. The molecule has 0 saturated carbocycles. The zero-order chi connectivity index (χ0) is 50.9. The Morgan fingerprint density at radius 3 is 1.28 bits per heavy atom. The number of thiophene rings is 6. The third kappa shape index (κ3) is 12.4. The molecule has 0 unspecified atom stereocenters. The Labute approximate surface area is 461 Å². The van der Waals surface area contributed by atoms with Crippen LogP contribution in [-0.2, 0) is 59.7 Å². The van der Waals surface area contributed by atoms with Crippen LogP contribution in [0, 0.1) is 0 Å². The summed E-state index contributed by atoms with van der Waals surface area (Å²) in [4.78, 5) is 59.4. The molecule has 0 radical (unpaired) electrons. The SMILES string of the molecule is C.CI.CN1CCC(=O)CC1.CN1CCC2(CC1)OC(=O)C(c1cccs1)(c1cccs1)O2.COC(=O)C(O)(c1cccs1)c1cccs1.C[N+]1(C)CCC2(CC1)OC(=O)C(c1cccs1)(c1cccs1)O2. The number of quaternary nitrogens is 1. The Bertz CT molecular complexity index is 2470. The van der Waals surface area contributed by atoms with Crippen molar-refractivity contribution < 1.29 is 52.5 Å².